The van der Waals surface area contributed by atoms with E-state index in [2.05, 4.69) is 5.32 Å². The highest BCUT2D eigenvalue weighted by molar-refractivity contribution is 6.31. The number of amides is 1. The summed E-state index contributed by atoms with van der Waals surface area (Å²) in [6.45, 7) is 0. The van der Waals surface area contributed by atoms with E-state index in [9.17, 15) is 9.90 Å². The molecule has 0 aliphatic heterocycles. The van der Waals surface area contributed by atoms with Gasteiger partial charge in [0.05, 0.1) is 17.7 Å². The monoisotopic (exact) mass is 282 g/mol. The molecule has 2 atom stereocenters. The average Bonchev–Trinajstić information content (AvgIpc) is 2.58. The lowest BCUT2D eigenvalue weighted by molar-refractivity contribution is 0.0819. The summed E-state index contributed by atoms with van der Waals surface area (Å²) in [5.74, 6) is -0.272. The van der Waals surface area contributed by atoms with E-state index >= 15 is 0 Å². The molecule has 4 N–H and O–H groups in total. The van der Waals surface area contributed by atoms with Crippen LogP contribution in [0.25, 0.3) is 0 Å². The molecule has 1 aliphatic rings. The minimum absolute atomic E-state index is 0.201. The van der Waals surface area contributed by atoms with Crippen molar-refractivity contribution in [1.29, 1.82) is 0 Å². The fourth-order valence-corrected chi connectivity index (χ4v) is 2.60. The molecule has 0 saturated heterocycles. The molecule has 2 unspecified atom stereocenters. The van der Waals surface area contributed by atoms with Crippen molar-refractivity contribution < 1.29 is 9.90 Å². The largest absolute Gasteiger partial charge is 0.398 e. The Morgan fingerprint density at radius 3 is 2.84 bits per heavy atom. The summed E-state index contributed by atoms with van der Waals surface area (Å²) in [6, 6.07) is 4.61. The van der Waals surface area contributed by atoms with Crippen molar-refractivity contribution in [2.75, 3.05) is 5.73 Å². The molecule has 1 aromatic rings. The van der Waals surface area contributed by atoms with Crippen LogP contribution < -0.4 is 11.1 Å². The van der Waals surface area contributed by atoms with Crippen LogP contribution in [0.5, 0.6) is 0 Å². The number of halogens is 1. The zero-order chi connectivity index (χ0) is 13.8. The van der Waals surface area contributed by atoms with E-state index in [4.69, 9.17) is 17.3 Å². The van der Waals surface area contributed by atoms with Crippen molar-refractivity contribution in [3.05, 3.63) is 28.8 Å². The first kappa shape index (κ1) is 14.2. The number of rotatable bonds is 2. The van der Waals surface area contributed by atoms with E-state index in [1.54, 1.807) is 18.2 Å². The van der Waals surface area contributed by atoms with Crippen LogP contribution in [0.3, 0.4) is 0 Å². The summed E-state index contributed by atoms with van der Waals surface area (Å²) in [6.07, 6.45) is 4.18. The lowest BCUT2D eigenvalue weighted by atomic mass is 10.0. The molecule has 5 heteroatoms. The van der Waals surface area contributed by atoms with E-state index in [0.29, 0.717) is 16.3 Å². The lowest BCUT2D eigenvalue weighted by Crippen LogP contribution is -2.42. The number of carbonyl (C=O) groups is 1. The van der Waals surface area contributed by atoms with Crippen LogP contribution in [0.1, 0.15) is 42.5 Å². The predicted octanol–water partition coefficient (Wildman–Crippen LogP) is 2.35. The minimum Gasteiger partial charge on any atom is -0.398 e. The lowest BCUT2D eigenvalue weighted by Gasteiger charge is -2.22. The maximum atomic E-state index is 12.2. The van der Waals surface area contributed by atoms with Crippen LogP contribution in [-0.4, -0.2) is 23.2 Å². The number of carbonyl (C=O) groups excluding carboxylic acids is 1. The van der Waals surface area contributed by atoms with Crippen molar-refractivity contribution in [2.24, 2.45) is 0 Å². The molecule has 0 spiro atoms. The Bertz CT molecular complexity index is 465. The minimum atomic E-state index is -0.480. The number of nitrogens with two attached hydrogens (primary N) is 1. The van der Waals surface area contributed by atoms with E-state index in [-0.39, 0.29) is 11.9 Å². The van der Waals surface area contributed by atoms with Gasteiger partial charge in [0.1, 0.15) is 0 Å². The van der Waals surface area contributed by atoms with Crippen LogP contribution in [-0.2, 0) is 0 Å². The average molecular weight is 283 g/mol. The standard InChI is InChI=1S/C14H19ClN2O2/c15-9-6-7-11(16)10(8-9)14(19)17-12-4-2-1-3-5-13(12)18/h6-8,12-13,18H,1-5,16H2,(H,17,19). The zero-order valence-corrected chi connectivity index (χ0v) is 11.5. The fraction of sp³-hybridized carbons (Fsp3) is 0.500. The number of nitrogens with one attached hydrogen (secondary N) is 1. The Labute approximate surface area is 117 Å². The molecule has 1 saturated carbocycles. The van der Waals surface area contributed by atoms with E-state index in [0.717, 1.165) is 32.1 Å². The van der Waals surface area contributed by atoms with Crippen molar-refractivity contribution in [3.63, 3.8) is 0 Å². The number of benzene rings is 1. The number of anilines is 1. The van der Waals surface area contributed by atoms with Gasteiger partial charge >= 0.3 is 0 Å². The van der Waals surface area contributed by atoms with Crippen LogP contribution in [0.4, 0.5) is 5.69 Å². The molecule has 1 aliphatic carbocycles. The van der Waals surface area contributed by atoms with Gasteiger partial charge in [-0.3, -0.25) is 4.79 Å². The molecule has 1 aromatic carbocycles. The SMILES string of the molecule is Nc1ccc(Cl)cc1C(=O)NC1CCCCCC1O. The van der Waals surface area contributed by atoms with Crippen molar-refractivity contribution in [3.8, 4) is 0 Å². The van der Waals surface area contributed by atoms with Gasteiger partial charge in [-0.1, -0.05) is 30.9 Å². The first-order valence-corrected chi connectivity index (χ1v) is 6.99. The van der Waals surface area contributed by atoms with Crippen LogP contribution >= 0.6 is 11.6 Å². The first-order chi connectivity index (χ1) is 9.08. The Morgan fingerprint density at radius 2 is 2.05 bits per heavy atom. The molecule has 2 rings (SSSR count). The van der Waals surface area contributed by atoms with E-state index in [1.807, 2.05) is 0 Å². The third-order valence-electron chi connectivity index (χ3n) is 3.56. The molecule has 19 heavy (non-hydrogen) atoms. The molecular formula is C14H19ClN2O2. The summed E-state index contributed by atoms with van der Waals surface area (Å²) >= 11 is 5.87. The highest BCUT2D eigenvalue weighted by atomic mass is 35.5. The Kier molecular flexibility index (Phi) is 4.66. The molecule has 104 valence electrons. The number of aliphatic hydroxyl groups excluding tert-OH is 1. The second-order valence-electron chi connectivity index (χ2n) is 5.02. The number of aliphatic hydroxyl groups is 1. The molecule has 4 nitrogen and oxygen atoms in total. The highest BCUT2D eigenvalue weighted by Crippen LogP contribution is 2.21. The second kappa shape index (κ2) is 6.26. The molecule has 1 fully saturated rings. The van der Waals surface area contributed by atoms with Gasteiger partial charge in [-0.2, -0.15) is 0 Å². The van der Waals surface area contributed by atoms with Gasteiger partial charge in [0.25, 0.3) is 5.91 Å². The third-order valence-corrected chi connectivity index (χ3v) is 3.79. The fourth-order valence-electron chi connectivity index (χ4n) is 2.43. The maximum absolute atomic E-state index is 12.2. The molecule has 0 bridgehead atoms. The molecular weight excluding hydrogens is 264 g/mol. The summed E-state index contributed by atoms with van der Waals surface area (Å²) in [5, 5.41) is 13.3. The summed E-state index contributed by atoms with van der Waals surface area (Å²) in [5.41, 5.74) is 6.54. The Morgan fingerprint density at radius 1 is 1.32 bits per heavy atom. The highest BCUT2D eigenvalue weighted by Gasteiger charge is 2.24. The predicted molar refractivity (Wildman–Crippen MR) is 76.2 cm³/mol. The summed E-state index contributed by atoms with van der Waals surface area (Å²) in [7, 11) is 0. The molecule has 0 aromatic heterocycles. The topological polar surface area (TPSA) is 75.4 Å². The van der Waals surface area contributed by atoms with Gasteiger partial charge in [-0.15, -0.1) is 0 Å². The Balaban J connectivity index is 2.09. The van der Waals surface area contributed by atoms with Gasteiger partial charge < -0.3 is 16.2 Å². The van der Waals surface area contributed by atoms with Crippen molar-refractivity contribution in [2.45, 2.75) is 44.2 Å². The maximum Gasteiger partial charge on any atom is 0.253 e. The van der Waals surface area contributed by atoms with Crippen molar-refractivity contribution in [1.82, 2.24) is 5.32 Å². The van der Waals surface area contributed by atoms with Crippen molar-refractivity contribution >= 4 is 23.2 Å². The van der Waals surface area contributed by atoms with Gasteiger partial charge in [-0.05, 0) is 31.0 Å². The summed E-state index contributed by atoms with van der Waals surface area (Å²) in [4.78, 5) is 12.2. The van der Waals surface area contributed by atoms with Gasteiger partial charge in [0, 0.05) is 10.7 Å². The third kappa shape index (κ3) is 3.61. The second-order valence-corrected chi connectivity index (χ2v) is 5.45. The van der Waals surface area contributed by atoms with Gasteiger partial charge in [-0.25, -0.2) is 0 Å². The first-order valence-electron chi connectivity index (χ1n) is 6.62. The van der Waals surface area contributed by atoms with E-state index < -0.39 is 6.10 Å². The van der Waals surface area contributed by atoms with Crippen LogP contribution in [0.15, 0.2) is 18.2 Å². The number of hydrogen-bond acceptors (Lipinski definition) is 3. The molecule has 0 heterocycles. The normalized spacial score (nSPS) is 23.7. The molecule has 1 amide bonds. The number of nitrogen functional groups attached to an aromatic ring is 1. The smallest absolute Gasteiger partial charge is 0.253 e. The number of hydrogen-bond donors (Lipinski definition) is 3. The van der Waals surface area contributed by atoms with Gasteiger partial charge in [0.2, 0.25) is 0 Å². The molecule has 0 radical (unpaired) electrons. The van der Waals surface area contributed by atoms with Crippen LogP contribution in [0.2, 0.25) is 5.02 Å². The summed E-state index contributed by atoms with van der Waals surface area (Å²) < 4.78 is 0. The van der Waals surface area contributed by atoms with E-state index in [1.165, 1.54) is 0 Å². The zero-order valence-electron chi connectivity index (χ0n) is 10.7. The van der Waals surface area contributed by atoms with Gasteiger partial charge in [0.15, 0.2) is 0 Å². The van der Waals surface area contributed by atoms with Crippen LogP contribution in [0, 0.1) is 0 Å². The Hall–Kier alpha value is -1.26. The quantitative estimate of drug-likeness (QED) is 0.576.